The summed E-state index contributed by atoms with van der Waals surface area (Å²) in [6.45, 7) is 4.66. The Bertz CT molecular complexity index is 3220. The Morgan fingerprint density at radius 3 is 0.907 bits per heavy atom. The lowest BCUT2D eigenvalue weighted by Crippen LogP contribution is -1.92. The zero-order chi connectivity index (χ0) is 35.4. The third kappa shape index (κ3) is 3.32. The molecule has 2 aliphatic carbocycles. The maximum atomic E-state index is 2.44. The lowest BCUT2D eigenvalue weighted by molar-refractivity contribution is 1.53. The van der Waals surface area contributed by atoms with Gasteiger partial charge in [-0.2, -0.15) is 0 Å². The number of aryl methyl sites for hydroxylation is 2. The lowest BCUT2D eigenvalue weighted by atomic mass is 9.85. The second-order valence-electron chi connectivity index (χ2n) is 15.5. The Morgan fingerprint density at radius 2 is 0.537 bits per heavy atom. The summed E-state index contributed by atoms with van der Waals surface area (Å²) >= 11 is 0. The zero-order valence-corrected chi connectivity index (χ0v) is 30.0. The quantitative estimate of drug-likeness (QED) is 0.126. The smallest absolute Gasteiger partial charge is 0.00110 e. The van der Waals surface area contributed by atoms with Crippen LogP contribution in [0.15, 0.2) is 158 Å². The van der Waals surface area contributed by atoms with Gasteiger partial charge in [-0.3, -0.25) is 0 Å². The summed E-state index contributed by atoms with van der Waals surface area (Å²) in [6, 6.07) is 59.5. The summed E-state index contributed by atoms with van der Waals surface area (Å²) in [5.74, 6) is 0. The van der Waals surface area contributed by atoms with Gasteiger partial charge in [-0.25, -0.2) is 0 Å². The fourth-order valence-electron chi connectivity index (χ4n) is 11.0. The van der Waals surface area contributed by atoms with Crippen molar-refractivity contribution in [2.45, 2.75) is 13.8 Å². The molecule has 13 rings (SSSR count). The molecule has 0 spiro atoms. The topological polar surface area (TPSA) is 0 Å². The van der Waals surface area contributed by atoms with E-state index in [2.05, 4.69) is 172 Å². The standard InChI is InChI=1S/C54H32/c1-29-33-17-9-11-19-35(33)47(31-13-5-3-6-14-31)53-43-27-23-39-40-24-28-44-52-42(26-22-38(50(40)52)37-21-25-41(45(29)53)51(43)49(37)39)46-30(2)34-18-10-12-20-36(34)48(54(44)46)32-15-7-4-8-16-32/h3-28H,1-2H3. The van der Waals surface area contributed by atoms with E-state index in [4.69, 9.17) is 0 Å². The first-order valence-corrected chi connectivity index (χ1v) is 19.1. The van der Waals surface area contributed by atoms with E-state index in [0.29, 0.717) is 0 Å². The van der Waals surface area contributed by atoms with Crippen molar-refractivity contribution >= 4 is 64.6 Å². The van der Waals surface area contributed by atoms with Gasteiger partial charge in [0.2, 0.25) is 0 Å². The first-order valence-electron chi connectivity index (χ1n) is 19.1. The normalized spacial score (nSPS) is 12.6. The van der Waals surface area contributed by atoms with E-state index < -0.39 is 0 Å². The fraction of sp³-hybridized carbons (Fsp3) is 0.0370. The van der Waals surface area contributed by atoms with Crippen molar-refractivity contribution in [3.63, 3.8) is 0 Å². The van der Waals surface area contributed by atoms with Crippen molar-refractivity contribution < 1.29 is 0 Å². The number of fused-ring (bicyclic) bond motifs is 10. The molecule has 0 heterocycles. The summed E-state index contributed by atoms with van der Waals surface area (Å²) in [6.07, 6.45) is 0. The molecule has 0 radical (unpaired) electrons. The summed E-state index contributed by atoms with van der Waals surface area (Å²) in [5, 5.41) is 16.3. The highest BCUT2D eigenvalue weighted by molar-refractivity contribution is 6.41. The molecule has 0 unspecified atom stereocenters. The van der Waals surface area contributed by atoms with Crippen molar-refractivity contribution in [1.82, 2.24) is 0 Å². The molecule has 11 aromatic carbocycles. The van der Waals surface area contributed by atoms with Gasteiger partial charge in [-0.1, -0.05) is 158 Å². The molecule has 2 aliphatic rings. The van der Waals surface area contributed by atoms with Gasteiger partial charge in [0, 0.05) is 0 Å². The number of rotatable bonds is 2. The molecule has 0 heteroatoms. The summed E-state index contributed by atoms with van der Waals surface area (Å²) in [4.78, 5) is 0. The second-order valence-corrected chi connectivity index (χ2v) is 15.5. The maximum Gasteiger partial charge on any atom is -0.00110 e. The van der Waals surface area contributed by atoms with Crippen LogP contribution in [0.4, 0.5) is 0 Å². The van der Waals surface area contributed by atoms with Crippen LogP contribution in [0.2, 0.25) is 0 Å². The van der Waals surface area contributed by atoms with Crippen molar-refractivity contribution in [3.05, 3.63) is 169 Å². The van der Waals surface area contributed by atoms with Crippen LogP contribution >= 0.6 is 0 Å². The van der Waals surface area contributed by atoms with Gasteiger partial charge in [-0.15, -0.1) is 0 Å². The minimum absolute atomic E-state index is 1.27. The number of benzene rings is 11. The predicted octanol–water partition coefficient (Wildman–Crippen LogP) is 15.3. The van der Waals surface area contributed by atoms with E-state index in [0.717, 1.165) is 0 Å². The van der Waals surface area contributed by atoms with E-state index in [9.17, 15) is 0 Å². The molecule has 11 aromatic rings. The van der Waals surface area contributed by atoms with Crippen LogP contribution < -0.4 is 0 Å². The summed E-state index contributed by atoms with van der Waals surface area (Å²) in [5.41, 5.74) is 18.9. The van der Waals surface area contributed by atoms with E-state index in [1.54, 1.807) is 0 Å². The molecule has 0 amide bonds. The van der Waals surface area contributed by atoms with Gasteiger partial charge >= 0.3 is 0 Å². The van der Waals surface area contributed by atoms with Crippen molar-refractivity contribution in [3.8, 4) is 66.8 Å². The minimum atomic E-state index is 1.27. The Labute approximate surface area is 312 Å². The predicted molar refractivity (Wildman–Crippen MR) is 232 cm³/mol. The first kappa shape index (κ1) is 28.8. The molecule has 0 nitrogen and oxygen atoms in total. The number of hydrogen-bond acceptors (Lipinski definition) is 0. The zero-order valence-electron chi connectivity index (χ0n) is 30.0. The highest BCUT2D eigenvalue weighted by Crippen LogP contribution is 2.60. The Kier molecular flexibility index (Phi) is 5.33. The Hall–Kier alpha value is -6.76. The van der Waals surface area contributed by atoms with Crippen LogP contribution in [0, 0.1) is 13.8 Å². The highest BCUT2D eigenvalue weighted by atomic mass is 14.4. The van der Waals surface area contributed by atoms with Gasteiger partial charge < -0.3 is 0 Å². The molecular formula is C54H32. The average molecular weight is 681 g/mol. The summed E-state index contributed by atoms with van der Waals surface area (Å²) < 4.78 is 0. The van der Waals surface area contributed by atoms with Crippen LogP contribution in [0.1, 0.15) is 11.1 Å². The second kappa shape index (κ2) is 10.0. The van der Waals surface area contributed by atoms with Gasteiger partial charge in [0.15, 0.2) is 0 Å². The maximum absolute atomic E-state index is 2.44. The largest absolute Gasteiger partial charge is 0.0622 e. The van der Waals surface area contributed by atoms with Crippen LogP contribution in [0.5, 0.6) is 0 Å². The monoisotopic (exact) mass is 680 g/mol. The lowest BCUT2D eigenvalue weighted by Gasteiger charge is -2.18. The van der Waals surface area contributed by atoms with Crippen LogP contribution in [0.25, 0.3) is 131 Å². The molecular weight excluding hydrogens is 649 g/mol. The summed E-state index contributed by atoms with van der Waals surface area (Å²) in [7, 11) is 0. The molecule has 54 heavy (non-hydrogen) atoms. The number of hydrogen-bond donors (Lipinski definition) is 0. The van der Waals surface area contributed by atoms with E-state index in [-0.39, 0.29) is 0 Å². The van der Waals surface area contributed by atoms with E-state index >= 15 is 0 Å². The molecule has 0 bridgehead atoms. The van der Waals surface area contributed by atoms with E-state index in [1.165, 1.54) is 143 Å². The third-order valence-electron chi connectivity index (χ3n) is 13.1. The molecule has 0 atom stereocenters. The molecule has 0 saturated heterocycles. The molecule has 0 fully saturated rings. The molecule has 0 N–H and O–H groups in total. The van der Waals surface area contributed by atoms with Crippen LogP contribution in [-0.2, 0) is 0 Å². The van der Waals surface area contributed by atoms with Crippen molar-refractivity contribution in [2.24, 2.45) is 0 Å². The molecule has 248 valence electrons. The third-order valence-corrected chi connectivity index (χ3v) is 13.1. The molecule has 0 saturated carbocycles. The van der Waals surface area contributed by atoms with Crippen LogP contribution in [-0.4, -0.2) is 0 Å². The minimum Gasteiger partial charge on any atom is -0.0622 e. The average Bonchev–Trinajstić information content (AvgIpc) is 3.75. The van der Waals surface area contributed by atoms with Crippen molar-refractivity contribution in [2.75, 3.05) is 0 Å². The Morgan fingerprint density at radius 1 is 0.222 bits per heavy atom. The first-order chi connectivity index (χ1) is 26.7. The fourth-order valence-corrected chi connectivity index (χ4v) is 11.0. The van der Waals surface area contributed by atoms with Gasteiger partial charge in [-0.05, 0) is 156 Å². The molecule has 0 aliphatic heterocycles. The van der Waals surface area contributed by atoms with Gasteiger partial charge in [0.1, 0.15) is 0 Å². The molecule has 0 aromatic heterocycles. The van der Waals surface area contributed by atoms with Gasteiger partial charge in [0.05, 0.1) is 0 Å². The van der Waals surface area contributed by atoms with E-state index in [1.807, 2.05) is 0 Å². The SMILES string of the molecule is Cc1c2c(c(-c3ccccc3)c3ccccc13)-c1ccc3c4ccc5c6c(ccc(c7ccc-2c1c73)c64)-c1c-5c(-c2ccccc2)c2ccccc2c1C. The van der Waals surface area contributed by atoms with Crippen LogP contribution in [0.3, 0.4) is 0 Å². The van der Waals surface area contributed by atoms with Gasteiger partial charge in [0.25, 0.3) is 0 Å². The highest BCUT2D eigenvalue weighted by Gasteiger charge is 2.33. The van der Waals surface area contributed by atoms with Crippen molar-refractivity contribution in [1.29, 1.82) is 0 Å². The Balaban J connectivity index is 1.17.